The molecule has 0 spiro atoms. The maximum absolute atomic E-state index is 8.93. The molecule has 0 aliphatic rings. The van der Waals surface area contributed by atoms with Gasteiger partial charge in [0.15, 0.2) is 0 Å². The van der Waals surface area contributed by atoms with E-state index < -0.39 is 0 Å². The summed E-state index contributed by atoms with van der Waals surface area (Å²) in [7, 11) is 0. The van der Waals surface area contributed by atoms with Crippen molar-refractivity contribution in [2.75, 3.05) is 0 Å². The van der Waals surface area contributed by atoms with Crippen molar-refractivity contribution in [1.29, 1.82) is 5.26 Å². The summed E-state index contributed by atoms with van der Waals surface area (Å²) in [6.45, 7) is 0.629. The summed E-state index contributed by atoms with van der Waals surface area (Å²) in [5.41, 5.74) is 4.68. The highest BCUT2D eigenvalue weighted by Crippen LogP contribution is 2.25. The highest BCUT2D eigenvalue weighted by molar-refractivity contribution is 6.42. The lowest BCUT2D eigenvalue weighted by molar-refractivity contribution is 0.814. The van der Waals surface area contributed by atoms with Crippen LogP contribution in [0.2, 0.25) is 10.0 Å². The number of halogens is 2. The summed E-state index contributed by atoms with van der Waals surface area (Å²) < 4.78 is 2.15. The number of aromatic nitrogens is 2. The van der Waals surface area contributed by atoms with E-state index in [9.17, 15) is 0 Å². The van der Waals surface area contributed by atoms with Crippen molar-refractivity contribution in [3.8, 4) is 6.07 Å². The van der Waals surface area contributed by atoms with Gasteiger partial charge in [0.2, 0.25) is 0 Å². The first kappa shape index (κ1) is 18.3. The lowest BCUT2D eigenvalue weighted by atomic mass is 10.1. The lowest BCUT2D eigenvalue weighted by Gasteiger charge is -2.08. The third kappa shape index (κ3) is 3.80. The van der Waals surface area contributed by atoms with Crippen LogP contribution in [-0.4, -0.2) is 9.55 Å². The Kier molecular flexibility index (Phi) is 5.16. The molecular formula is C23H15Cl2N3. The maximum atomic E-state index is 8.93. The number of para-hydroxylation sites is 2. The van der Waals surface area contributed by atoms with E-state index >= 15 is 0 Å². The number of nitrogens with zero attached hydrogens (tertiary/aromatic N) is 3. The van der Waals surface area contributed by atoms with Gasteiger partial charge >= 0.3 is 0 Å². The van der Waals surface area contributed by atoms with E-state index in [0.29, 0.717) is 22.2 Å². The van der Waals surface area contributed by atoms with Gasteiger partial charge in [-0.3, -0.25) is 0 Å². The zero-order valence-corrected chi connectivity index (χ0v) is 16.3. The van der Waals surface area contributed by atoms with Crippen LogP contribution >= 0.6 is 23.2 Å². The van der Waals surface area contributed by atoms with E-state index in [1.165, 1.54) is 0 Å². The summed E-state index contributed by atoms with van der Waals surface area (Å²) >= 11 is 12.2. The lowest BCUT2D eigenvalue weighted by Crippen LogP contribution is -2.02. The Morgan fingerprint density at radius 2 is 1.71 bits per heavy atom. The molecule has 1 heterocycles. The SMILES string of the molecule is N#Cc1ccc(C=Cc2nc3ccccc3n2Cc2ccc(Cl)c(Cl)c2)cc1. The second-order valence-corrected chi connectivity index (χ2v) is 7.17. The highest BCUT2D eigenvalue weighted by atomic mass is 35.5. The summed E-state index contributed by atoms with van der Waals surface area (Å²) in [5.74, 6) is 0.844. The minimum Gasteiger partial charge on any atom is -0.320 e. The average Bonchev–Trinajstić information content (AvgIpc) is 3.07. The molecule has 0 fully saturated rings. The number of benzene rings is 3. The normalized spacial score (nSPS) is 11.2. The molecule has 0 bridgehead atoms. The van der Waals surface area contributed by atoms with Crippen molar-refractivity contribution in [3.05, 3.63) is 99.3 Å². The number of nitriles is 1. The molecule has 0 N–H and O–H groups in total. The Bertz CT molecular complexity index is 1220. The molecule has 5 heteroatoms. The van der Waals surface area contributed by atoms with Crippen molar-refractivity contribution in [1.82, 2.24) is 9.55 Å². The summed E-state index contributed by atoms with van der Waals surface area (Å²) in [6, 6.07) is 23.3. The van der Waals surface area contributed by atoms with Gasteiger partial charge < -0.3 is 4.57 Å². The average molecular weight is 404 g/mol. The number of hydrogen-bond donors (Lipinski definition) is 0. The second-order valence-electron chi connectivity index (χ2n) is 6.36. The van der Waals surface area contributed by atoms with Gasteiger partial charge in [-0.15, -0.1) is 0 Å². The van der Waals surface area contributed by atoms with Crippen LogP contribution in [0.5, 0.6) is 0 Å². The first-order valence-corrected chi connectivity index (χ1v) is 9.47. The number of rotatable bonds is 4. The topological polar surface area (TPSA) is 41.6 Å². The summed E-state index contributed by atoms with van der Waals surface area (Å²) in [5, 5.41) is 10.0. The first-order chi connectivity index (χ1) is 13.6. The first-order valence-electron chi connectivity index (χ1n) is 8.71. The molecule has 1 aromatic heterocycles. The van der Waals surface area contributed by atoms with Gasteiger partial charge in [-0.1, -0.05) is 59.6 Å². The van der Waals surface area contributed by atoms with Crippen molar-refractivity contribution in [3.63, 3.8) is 0 Å². The van der Waals surface area contributed by atoms with E-state index in [4.69, 9.17) is 33.4 Å². The maximum Gasteiger partial charge on any atom is 0.134 e. The Hall–Kier alpha value is -3.06. The standard InChI is InChI=1S/C23H15Cl2N3/c24-19-11-9-18(13-20(19)25)15-28-22-4-2-1-3-21(22)27-23(28)12-10-16-5-7-17(14-26)8-6-16/h1-13H,15H2. The molecule has 3 nitrogen and oxygen atoms in total. The Morgan fingerprint density at radius 3 is 2.46 bits per heavy atom. The molecule has 0 amide bonds. The van der Waals surface area contributed by atoms with E-state index in [1.54, 1.807) is 12.1 Å². The predicted molar refractivity (Wildman–Crippen MR) is 115 cm³/mol. The molecule has 0 unspecified atom stereocenters. The van der Waals surface area contributed by atoms with Gasteiger partial charge in [0, 0.05) is 6.54 Å². The van der Waals surface area contributed by atoms with Crippen molar-refractivity contribution in [2.24, 2.45) is 0 Å². The van der Waals surface area contributed by atoms with Gasteiger partial charge in [-0.05, 0) is 53.6 Å². The van der Waals surface area contributed by atoms with Crippen LogP contribution in [0.3, 0.4) is 0 Å². The quantitative estimate of drug-likeness (QED) is 0.393. The Balaban J connectivity index is 1.73. The van der Waals surface area contributed by atoms with E-state index in [-0.39, 0.29) is 0 Å². The van der Waals surface area contributed by atoms with Crippen LogP contribution in [-0.2, 0) is 6.54 Å². The van der Waals surface area contributed by atoms with E-state index in [2.05, 4.69) is 16.7 Å². The van der Waals surface area contributed by atoms with E-state index in [0.717, 1.165) is 28.0 Å². The second kappa shape index (κ2) is 7.90. The van der Waals surface area contributed by atoms with Gasteiger partial charge in [0.05, 0.1) is 32.7 Å². The Labute approximate surface area is 173 Å². The van der Waals surface area contributed by atoms with Crippen LogP contribution in [0, 0.1) is 11.3 Å². The van der Waals surface area contributed by atoms with Gasteiger partial charge in [0.1, 0.15) is 5.82 Å². The summed E-state index contributed by atoms with van der Waals surface area (Å²) in [6.07, 6.45) is 3.98. The van der Waals surface area contributed by atoms with Gasteiger partial charge in [0.25, 0.3) is 0 Å². The fourth-order valence-electron chi connectivity index (χ4n) is 3.05. The zero-order valence-electron chi connectivity index (χ0n) is 14.8. The molecular weight excluding hydrogens is 389 g/mol. The highest BCUT2D eigenvalue weighted by Gasteiger charge is 2.10. The molecule has 0 saturated heterocycles. The Morgan fingerprint density at radius 1 is 0.929 bits per heavy atom. The van der Waals surface area contributed by atoms with Crippen molar-refractivity contribution in [2.45, 2.75) is 6.54 Å². The number of hydrogen-bond acceptors (Lipinski definition) is 2. The smallest absolute Gasteiger partial charge is 0.134 e. The third-order valence-electron chi connectivity index (χ3n) is 4.47. The zero-order chi connectivity index (χ0) is 19.5. The molecule has 0 saturated carbocycles. The molecule has 0 aliphatic heterocycles. The van der Waals surface area contributed by atoms with E-state index in [1.807, 2.05) is 60.7 Å². The summed E-state index contributed by atoms with van der Waals surface area (Å²) in [4.78, 5) is 4.76. The number of fused-ring (bicyclic) bond motifs is 1. The van der Waals surface area contributed by atoms with Gasteiger partial charge in [-0.2, -0.15) is 5.26 Å². The monoisotopic (exact) mass is 403 g/mol. The van der Waals surface area contributed by atoms with Crippen LogP contribution in [0.1, 0.15) is 22.5 Å². The third-order valence-corrected chi connectivity index (χ3v) is 5.21. The fourth-order valence-corrected chi connectivity index (χ4v) is 3.37. The molecule has 4 aromatic rings. The van der Waals surface area contributed by atoms with Crippen molar-refractivity contribution < 1.29 is 0 Å². The molecule has 0 aliphatic carbocycles. The van der Waals surface area contributed by atoms with Crippen LogP contribution in [0.4, 0.5) is 0 Å². The largest absolute Gasteiger partial charge is 0.320 e. The molecule has 136 valence electrons. The molecule has 3 aromatic carbocycles. The molecule has 0 radical (unpaired) electrons. The fraction of sp³-hybridized carbons (Fsp3) is 0.0435. The van der Waals surface area contributed by atoms with Crippen molar-refractivity contribution >= 4 is 46.4 Å². The number of imidazole rings is 1. The molecule has 4 rings (SSSR count). The van der Waals surface area contributed by atoms with Crippen LogP contribution in [0.15, 0.2) is 66.7 Å². The molecule has 28 heavy (non-hydrogen) atoms. The van der Waals surface area contributed by atoms with Crippen LogP contribution < -0.4 is 0 Å². The minimum absolute atomic E-state index is 0.540. The minimum atomic E-state index is 0.540. The molecule has 0 atom stereocenters. The van der Waals surface area contributed by atoms with Gasteiger partial charge in [-0.25, -0.2) is 4.98 Å². The van der Waals surface area contributed by atoms with Crippen LogP contribution in [0.25, 0.3) is 23.2 Å². The predicted octanol–water partition coefficient (Wildman–Crippen LogP) is 6.43.